The molecule has 4 nitrogen and oxygen atoms in total. The van der Waals surface area contributed by atoms with E-state index in [1.54, 1.807) is 38.1 Å². The topological polar surface area (TPSA) is 66.4 Å². The molecule has 2 rings (SSSR count). The molecule has 0 aliphatic heterocycles. The van der Waals surface area contributed by atoms with Gasteiger partial charge in [-0.3, -0.25) is 9.59 Å². The van der Waals surface area contributed by atoms with Crippen molar-refractivity contribution in [3.05, 3.63) is 29.8 Å². The standard InChI is InChI=1S/C16H21NO3/c1-10(11-4-5-11)14(18)17-13-8-6-12(7-9-13)16(2,3)15(19)20/h6-11H,4-5H2,1-3H3,(H,17,18)(H,19,20). The van der Waals surface area contributed by atoms with Crippen LogP contribution in [0.4, 0.5) is 5.69 Å². The second-order valence-electron chi connectivity index (χ2n) is 6.12. The van der Waals surface area contributed by atoms with Crippen molar-refractivity contribution in [2.45, 2.75) is 39.0 Å². The fourth-order valence-electron chi connectivity index (χ4n) is 2.16. The van der Waals surface area contributed by atoms with E-state index in [2.05, 4.69) is 5.32 Å². The molecule has 1 aliphatic carbocycles. The molecule has 20 heavy (non-hydrogen) atoms. The van der Waals surface area contributed by atoms with Gasteiger partial charge in [0.1, 0.15) is 0 Å². The van der Waals surface area contributed by atoms with Gasteiger partial charge in [-0.1, -0.05) is 19.1 Å². The van der Waals surface area contributed by atoms with Crippen molar-refractivity contribution in [3.8, 4) is 0 Å². The van der Waals surface area contributed by atoms with Gasteiger partial charge < -0.3 is 10.4 Å². The van der Waals surface area contributed by atoms with E-state index in [1.807, 2.05) is 6.92 Å². The van der Waals surface area contributed by atoms with Gasteiger partial charge in [0.05, 0.1) is 5.41 Å². The lowest BCUT2D eigenvalue weighted by molar-refractivity contribution is -0.142. The first-order valence-corrected chi connectivity index (χ1v) is 6.97. The Morgan fingerprint density at radius 3 is 2.25 bits per heavy atom. The van der Waals surface area contributed by atoms with Crippen molar-refractivity contribution >= 4 is 17.6 Å². The minimum atomic E-state index is -0.927. The van der Waals surface area contributed by atoms with Gasteiger partial charge in [0, 0.05) is 11.6 Å². The molecule has 1 aromatic rings. The van der Waals surface area contributed by atoms with Crippen molar-refractivity contribution in [2.75, 3.05) is 5.32 Å². The number of hydrogen-bond acceptors (Lipinski definition) is 2. The fraction of sp³-hybridized carbons (Fsp3) is 0.500. The smallest absolute Gasteiger partial charge is 0.313 e. The summed E-state index contributed by atoms with van der Waals surface area (Å²) >= 11 is 0. The highest BCUT2D eigenvalue weighted by molar-refractivity contribution is 5.92. The predicted octanol–water partition coefficient (Wildman–Crippen LogP) is 3.03. The average Bonchev–Trinajstić information content (AvgIpc) is 3.22. The van der Waals surface area contributed by atoms with Gasteiger partial charge in [-0.05, 0) is 50.3 Å². The van der Waals surface area contributed by atoms with Crippen LogP contribution in [0.2, 0.25) is 0 Å². The summed E-state index contributed by atoms with van der Waals surface area (Å²) in [5, 5.41) is 12.1. The number of nitrogens with one attached hydrogen (secondary N) is 1. The van der Waals surface area contributed by atoms with Crippen LogP contribution in [0.3, 0.4) is 0 Å². The highest BCUT2D eigenvalue weighted by atomic mass is 16.4. The lowest BCUT2D eigenvalue weighted by Gasteiger charge is -2.20. The summed E-state index contributed by atoms with van der Waals surface area (Å²) in [6, 6.07) is 7.03. The Bertz CT molecular complexity index is 515. The summed E-state index contributed by atoms with van der Waals surface area (Å²) in [4.78, 5) is 23.2. The first-order valence-electron chi connectivity index (χ1n) is 6.97. The maximum atomic E-state index is 12.0. The van der Waals surface area contributed by atoms with Gasteiger partial charge in [-0.25, -0.2) is 0 Å². The molecule has 0 radical (unpaired) electrons. The normalized spacial score (nSPS) is 16.6. The number of carbonyl (C=O) groups excluding carboxylic acids is 1. The molecule has 0 bridgehead atoms. The number of amides is 1. The third-order valence-corrected chi connectivity index (χ3v) is 4.15. The highest BCUT2D eigenvalue weighted by Gasteiger charge is 2.33. The van der Waals surface area contributed by atoms with Crippen molar-refractivity contribution in [1.82, 2.24) is 0 Å². The van der Waals surface area contributed by atoms with Crippen LogP contribution < -0.4 is 5.32 Å². The van der Waals surface area contributed by atoms with E-state index >= 15 is 0 Å². The van der Waals surface area contributed by atoms with Crippen LogP contribution in [-0.4, -0.2) is 17.0 Å². The minimum absolute atomic E-state index is 0.0396. The van der Waals surface area contributed by atoms with Gasteiger partial charge in [-0.15, -0.1) is 0 Å². The monoisotopic (exact) mass is 275 g/mol. The molecule has 1 fully saturated rings. The first-order chi connectivity index (χ1) is 9.32. The number of hydrogen-bond donors (Lipinski definition) is 2. The lowest BCUT2D eigenvalue weighted by Crippen LogP contribution is -2.28. The van der Waals surface area contributed by atoms with Crippen molar-refractivity contribution in [3.63, 3.8) is 0 Å². The number of carboxylic acids is 1. The lowest BCUT2D eigenvalue weighted by atomic mass is 9.85. The van der Waals surface area contributed by atoms with E-state index in [0.717, 1.165) is 18.4 Å². The van der Waals surface area contributed by atoms with Crippen LogP contribution in [0.15, 0.2) is 24.3 Å². The third kappa shape index (κ3) is 3.00. The van der Waals surface area contributed by atoms with Gasteiger partial charge >= 0.3 is 5.97 Å². The van der Waals surface area contributed by atoms with Crippen LogP contribution in [0.1, 0.15) is 39.2 Å². The minimum Gasteiger partial charge on any atom is -0.481 e. The molecule has 1 unspecified atom stereocenters. The van der Waals surface area contributed by atoms with Gasteiger partial charge in [-0.2, -0.15) is 0 Å². The summed E-state index contributed by atoms with van der Waals surface area (Å²) in [6.07, 6.45) is 2.28. The quantitative estimate of drug-likeness (QED) is 0.868. The maximum absolute atomic E-state index is 12.0. The van der Waals surface area contributed by atoms with Crippen molar-refractivity contribution in [1.29, 1.82) is 0 Å². The zero-order valence-electron chi connectivity index (χ0n) is 12.1. The third-order valence-electron chi connectivity index (χ3n) is 4.15. The van der Waals surface area contributed by atoms with Crippen LogP contribution >= 0.6 is 0 Å². The predicted molar refractivity (Wildman–Crippen MR) is 77.6 cm³/mol. The van der Waals surface area contributed by atoms with E-state index in [-0.39, 0.29) is 11.8 Å². The van der Waals surface area contributed by atoms with E-state index in [1.165, 1.54) is 0 Å². The zero-order chi connectivity index (χ0) is 14.9. The molecule has 0 heterocycles. The number of rotatable bonds is 5. The first kappa shape index (κ1) is 14.6. The summed E-state index contributed by atoms with van der Waals surface area (Å²) in [5.41, 5.74) is 0.509. The van der Waals surface area contributed by atoms with Crippen LogP contribution in [0.5, 0.6) is 0 Å². The van der Waals surface area contributed by atoms with Crippen molar-refractivity contribution < 1.29 is 14.7 Å². The number of carboxylic acid groups (broad SMARTS) is 1. The summed E-state index contributed by atoms with van der Waals surface area (Å²) in [6.45, 7) is 5.28. The molecule has 1 saturated carbocycles. The van der Waals surface area contributed by atoms with Crippen molar-refractivity contribution in [2.24, 2.45) is 11.8 Å². The van der Waals surface area contributed by atoms with Crippen LogP contribution in [0, 0.1) is 11.8 Å². The summed E-state index contributed by atoms with van der Waals surface area (Å²) < 4.78 is 0. The van der Waals surface area contributed by atoms with E-state index in [0.29, 0.717) is 11.6 Å². The molecule has 2 N–H and O–H groups in total. The van der Waals surface area contributed by atoms with Crippen LogP contribution in [0.25, 0.3) is 0 Å². The largest absolute Gasteiger partial charge is 0.481 e. The molecule has 1 atom stereocenters. The Hall–Kier alpha value is -1.84. The maximum Gasteiger partial charge on any atom is 0.313 e. The van der Waals surface area contributed by atoms with Gasteiger partial charge in [0.2, 0.25) is 5.91 Å². The molecule has 0 saturated heterocycles. The fourth-order valence-corrected chi connectivity index (χ4v) is 2.16. The van der Waals surface area contributed by atoms with E-state index < -0.39 is 11.4 Å². The van der Waals surface area contributed by atoms with Gasteiger partial charge in [0.15, 0.2) is 0 Å². The Kier molecular flexibility index (Phi) is 3.84. The molecule has 1 aromatic carbocycles. The number of aliphatic carboxylic acids is 1. The van der Waals surface area contributed by atoms with E-state index in [9.17, 15) is 14.7 Å². The van der Waals surface area contributed by atoms with Gasteiger partial charge in [0.25, 0.3) is 0 Å². The molecule has 1 amide bonds. The summed E-state index contributed by atoms with van der Waals surface area (Å²) in [5.74, 6) is -0.250. The molecule has 1 aliphatic rings. The zero-order valence-corrected chi connectivity index (χ0v) is 12.1. The molecule has 4 heteroatoms. The Labute approximate surface area is 119 Å². The average molecular weight is 275 g/mol. The second kappa shape index (κ2) is 5.27. The highest BCUT2D eigenvalue weighted by Crippen LogP contribution is 2.37. The molecule has 108 valence electrons. The molecule has 0 aromatic heterocycles. The Balaban J connectivity index is 2.05. The Morgan fingerprint density at radius 1 is 1.25 bits per heavy atom. The second-order valence-corrected chi connectivity index (χ2v) is 6.12. The SMILES string of the molecule is CC(C(=O)Nc1ccc(C(C)(C)C(=O)O)cc1)C1CC1. The number of carbonyl (C=O) groups is 2. The summed E-state index contributed by atoms with van der Waals surface area (Å²) in [7, 11) is 0. The molecular weight excluding hydrogens is 254 g/mol. The number of benzene rings is 1. The molecular formula is C16H21NO3. The Morgan fingerprint density at radius 2 is 1.80 bits per heavy atom. The van der Waals surface area contributed by atoms with Crippen LogP contribution in [-0.2, 0) is 15.0 Å². The number of anilines is 1. The molecule has 0 spiro atoms. The van der Waals surface area contributed by atoms with E-state index in [4.69, 9.17) is 0 Å².